The van der Waals surface area contributed by atoms with Gasteiger partial charge in [-0.3, -0.25) is 28.8 Å². The third kappa shape index (κ3) is 12.5. The Kier molecular flexibility index (Phi) is 15.3. The highest BCUT2D eigenvalue weighted by Gasteiger charge is 2.41. The van der Waals surface area contributed by atoms with Gasteiger partial charge in [-0.2, -0.15) is 0 Å². The highest BCUT2D eigenvalue weighted by molar-refractivity contribution is 5.98. The maximum atomic E-state index is 14.2. The molecule has 3 rings (SSSR count). The number of hydrogen-bond donors (Lipinski definition) is 6. The van der Waals surface area contributed by atoms with E-state index >= 15 is 0 Å². The van der Waals surface area contributed by atoms with Gasteiger partial charge in [-0.05, 0) is 79.9 Å². The third-order valence-electron chi connectivity index (χ3n) is 9.19. The molecule has 6 atom stereocenters. The monoisotopic (exact) mass is 712 g/mol. The van der Waals surface area contributed by atoms with Crippen LogP contribution in [0, 0.1) is 23.7 Å². The minimum Gasteiger partial charge on any atom is -0.508 e. The van der Waals surface area contributed by atoms with E-state index < -0.39 is 71.7 Å². The normalized spacial score (nSPS) is 26.0. The summed E-state index contributed by atoms with van der Waals surface area (Å²) >= 11 is 0. The number of hydrogen-bond acceptors (Lipinski definition) is 7. The zero-order valence-electron chi connectivity index (χ0n) is 31.6. The van der Waals surface area contributed by atoms with Crippen molar-refractivity contribution in [2.75, 3.05) is 6.54 Å². The third-order valence-corrected chi connectivity index (χ3v) is 9.19. The van der Waals surface area contributed by atoms with Crippen molar-refractivity contribution >= 4 is 35.4 Å². The summed E-state index contributed by atoms with van der Waals surface area (Å²) in [5.74, 6) is -3.03. The van der Waals surface area contributed by atoms with Crippen LogP contribution in [0.15, 0.2) is 24.3 Å². The molecule has 51 heavy (non-hydrogen) atoms. The van der Waals surface area contributed by atoms with E-state index in [1.807, 2.05) is 55.4 Å². The molecule has 0 bridgehead atoms. The Balaban J connectivity index is 2.11. The number of aromatic hydroxyl groups is 1. The van der Waals surface area contributed by atoms with Crippen molar-refractivity contribution in [3.63, 3.8) is 0 Å². The molecule has 0 unspecified atom stereocenters. The lowest BCUT2D eigenvalue weighted by atomic mass is 9.97. The predicted octanol–water partition coefficient (Wildman–Crippen LogP) is 2.55. The second-order valence-corrected chi connectivity index (χ2v) is 15.9. The van der Waals surface area contributed by atoms with Crippen molar-refractivity contribution in [1.82, 2.24) is 31.5 Å². The molecule has 2 fully saturated rings. The Morgan fingerprint density at radius 3 is 1.37 bits per heavy atom. The van der Waals surface area contributed by atoms with Crippen LogP contribution in [0.4, 0.5) is 0 Å². The van der Waals surface area contributed by atoms with Crippen molar-refractivity contribution < 1.29 is 33.9 Å². The number of fused-ring (bicyclic) bond motifs is 1. The first-order valence-corrected chi connectivity index (χ1v) is 18.5. The van der Waals surface area contributed by atoms with Crippen molar-refractivity contribution in [1.29, 1.82) is 0 Å². The van der Waals surface area contributed by atoms with Gasteiger partial charge in [0.05, 0.1) is 0 Å². The van der Waals surface area contributed by atoms with E-state index in [1.165, 1.54) is 17.0 Å². The summed E-state index contributed by atoms with van der Waals surface area (Å²) < 4.78 is 0. The number of carbonyl (C=O) groups is 6. The van der Waals surface area contributed by atoms with Crippen LogP contribution in [0.5, 0.6) is 5.75 Å². The second-order valence-electron chi connectivity index (χ2n) is 15.9. The molecule has 2 aliphatic heterocycles. The summed E-state index contributed by atoms with van der Waals surface area (Å²) in [5.41, 5.74) is 0.656. The predicted molar refractivity (Wildman–Crippen MR) is 194 cm³/mol. The molecule has 1 aromatic carbocycles. The molecule has 2 heterocycles. The molecule has 1 aromatic rings. The maximum absolute atomic E-state index is 14.2. The quantitative estimate of drug-likeness (QED) is 0.215. The fourth-order valence-corrected chi connectivity index (χ4v) is 6.74. The molecule has 284 valence electrons. The molecule has 0 spiro atoms. The number of rotatable bonds is 10. The topological polar surface area (TPSA) is 186 Å². The lowest BCUT2D eigenvalue weighted by molar-refractivity contribution is -0.143. The smallest absolute Gasteiger partial charge is 0.245 e. The SMILES string of the molecule is CC(C)C[C@@H]1NC(=O)[C@H](Cc2ccc(O)cc2)NC(=O)[C@@H]2CCCN2C(=O)[C@@H](CC(C)C)NC(=O)[C@@H](CC(C)C)NC(=O)[C@@H](CC(C)C)NC1=O. The number of carbonyl (C=O) groups excluding carboxylic acids is 6. The Morgan fingerprint density at radius 1 is 0.569 bits per heavy atom. The van der Waals surface area contributed by atoms with Crippen LogP contribution in [-0.4, -0.2) is 88.2 Å². The largest absolute Gasteiger partial charge is 0.508 e. The van der Waals surface area contributed by atoms with E-state index in [0.717, 1.165) is 0 Å². The molecule has 2 aliphatic rings. The summed E-state index contributed by atoms with van der Waals surface area (Å²) in [6.45, 7) is 15.7. The molecule has 2 saturated heterocycles. The lowest BCUT2D eigenvalue weighted by Gasteiger charge is -2.32. The Morgan fingerprint density at radius 2 is 0.941 bits per heavy atom. The number of nitrogens with one attached hydrogen (secondary N) is 5. The molecule has 0 aromatic heterocycles. The van der Waals surface area contributed by atoms with Crippen molar-refractivity contribution in [3.8, 4) is 5.75 Å². The first kappa shape index (κ1) is 41.3. The van der Waals surface area contributed by atoms with Gasteiger partial charge in [-0.1, -0.05) is 67.5 Å². The average molecular weight is 713 g/mol. The van der Waals surface area contributed by atoms with Gasteiger partial charge in [-0.25, -0.2) is 0 Å². The Hall–Kier alpha value is -4.16. The zero-order chi connectivity index (χ0) is 38.0. The molecular formula is C38H60N6O7. The van der Waals surface area contributed by atoms with E-state index in [0.29, 0.717) is 37.8 Å². The van der Waals surface area contributed by atoms with Crippen LogP contribution < -0.4 is 26.6 Å². The van der Waals surface area contributed by atoms with Gasteiger partial charge in [-0.15, -0.1) is 0 Å². The molecule has 0 saturated carbocycles. The summed E-state index contributed by atoms with van der Waals surface area (Å²) in [6.07, 6.45) is 2.12. The van der Waals surface area contributed by atoms with Crippen molar-refractivity contribution in [2.45, 2.75) is 137 Å². The van der Waals surface area contributed by atoms with E-state index in [2.05, 4.69) is 26.6 Å². The number of phenolic OH excluding ortho intramolecular Hbond substituents is 1. The number of phenols is 1. The number of amides is 6. The molecule has 0 aliphatic carbocycles. The van der Waals surface area contributed by atoms with E-state index in [1.54, 1.807) is 12.1 Å². The Bertz CT molecular complexity index is 1380. The van der Waals surface area contributed by atoms with Gasteiger partial charge in [0, 0.05) is 13.0 Å². The van der Waals surface area contributed by atoms with Crippen LogP contribution in [0.1, 0.15) is 99.5 Å². The van der Waals surface area contributed by atoms with Gasteiger partial charge in [0.2, 0.25) is 35.4 Å². The first-order valence-electron chi connectivity index (χ1n) is 18.5. The summed E-state index contributed by atoms with van der Waals surface area (Å²) in [5, 5.41) is 24.1. The molecule has 6 amide bonds. The average Bonchev–Trinajstić information content (AvgIpc) is 3.52. The fraction of sp³-hybridized carbons (Fsp3) is 0.684. The van der Waals surface area contributed by atoms with Gasteiger partial charge in [0.25, 0.3) is 0 Å². The van der Waals surface area contributed by atoms with E-state index in [4.69, 9.17) is 0 Å². The lowest BCUT2D eigenvalue weighted by Crippen LogP contribution is -2.61. The number of nitrogens with zero attached hydrogens (tertiary/aromatic N) is 1. The van der Waals surface area contributed by atoms with Crippen LogP contribution in [-0.2, 0) is 35.2 Å². The second kappa shape index (κ2) is 18.9. The van der Waals surface area contributed by atoms with Gasteiger partial charge < -0.3 is 36.6 Å². The molecule has 0 radical (unpaired) electrons. The molecule has 6 N–H and O–H groups in total. The standard InChI is InChI=1S/C38H60N6O7/c1-21(2)16-27-33(46)40-29(18-23(5)6)35(48)43-31(19-24(7)8)38(51)44-15-9-10-32(44)37(50)42-30(20-25-11-13-26(45)14-12-25)36(49)41-28(17-22(3)4)34(47)39-27/h11-14,21-24,27-32,45H,9-10,15-20H2,1-8H3,(H,39,47)(H,40,46)(H,41,49)(H,42,50)(H,43,48)/t27-,28+,29-,30+,31-,32+/m1/s1. The Labute approximate surface area is 302 Å². The number of benzene rings is 1. The van der Waals surface area contributed by atoms with Crippen molar-refractivity contribution in [3.05, 3.63) is 29.8 Å². The highest BCUT2D eigenvalue weighted by Crippen LogP contribution is 2.22. The molecule has 13 nitrogen and oxygen atoms in total. The van der Waals surface area contributed by atoms with Gasteiger partial charge in [0.15, 0.2) is 0 Å². The van der Waals surface area contributed by atoms with Gasteiger partial charge in [0.1, 0.15) is 42.0 Å². The fourth-order valence-electron chi connectivity index (χ4n) is 6.74. The van der Waals surface area contributed by atoms with Crippen molar-refractivity contribution in [2.24, 2.45) is 23.7 Å². The van der Waals surface area contributed by atoms with Crippen LogP contribution in [0.2, 0.25) is 0 Å². The van der Waals surface area contributed by atoms with E-state index in [9.17, 15) is 33.9 Å². The zero-order valence-corrected chi connectivity index (χ0v) is 31.6. The minimum atomic E-state index is -1.13. The molecule has 13 heteroatoms. The molecular weight excluding hydrogens is 652 g/mol. The summed E-state index contributed by atoms with van der Waals surface area (Å²) in [4.78, 5) is 85.3. The first-order chi connectivity index (χ1) is 23.9. The summed E-state index contributed by atoms with van der Waals surface area (Å²) in [6, 6.07) is 0.287. The highest BCUT2D eigenvalue weighted by atomic mass is 16.3. The van der Waals surface area contributed by atoms with E-state index in [-0.39, 0.29) is 48.7 Å². The van der Waals surface area contributed by atoms with Crippen LogP contribution in [0.3, 0.4) is 0 Å². The summed E-state index contributed by atoms with van der Waals surface area (Å²) in [7, 11) is 0. The van der Waals surface area contributed by atoms with Gasteiger partial charge >= 0.3 is 0 Å². The minimum absolute atomic E-state index is 0.000719. The van der Waals surface area contributed by atoms with Crippen LogP contribution in [0.25, 0.3) is 0 Å². The maximum Gasteiger partial charge on any atom is 0.245 e. The van der Waals surface area contributed by atoms with Crippen LogP contribution >= 0.6 is 0 Å².